The molecule has 0 N–H and O–H groups in total. The maximum atomic E-state index is 14.3. The molecule has 0 spiro atoms. The van der Waals surface area contributed by atoms with E-state index in [-0.39, 0.29) is 22.7 Å². The van der Waals surface area contributed by atoms with Crippen molar-refractivity contribution in [3.05, 3.63) is 51.3 Å². The van der Waals surface area contributed by atoms with Gasteiger partial charge in [-0.3, -0.25) is 0 Å². The van der Waals surface area contributed by atoms with Gasteiger partial charge < -0.3 is 9.52 Å². The Bertz CT molecular complexity index is 824. The van der Waals surface area contributed by atoms with Crippen LogP contribution in [0, 0.1) is 12.7 Å². The lowest BCUT2D eigenvalue weighted by Gasteiger charge is -2.22. The van der Waals surface area contributed by atoms with E-state index < -0.39 is 17.2 Å². The van der Waals surface area contributed by atoms with Gasteiger partial charge in [0.05, 0.1) is 5.56 Å². The number of benzene rings is 1. The Labute approximate surface area is 134 Å². The van der Waals surface area contributed by atoms with E-state index in [4.69, 9.17) is 4.42 Å². The summed E-state index contributed by atoms with van der Waals surface area (Å²) in [4.78, 5) is 12.2. The fourth-order valence-corrected chi connectivity index (χ4v) is 2.76. The normalized spacial score (nSPS) is 15.0. The van der Waals surface area contributed by atoms with Crippen molar-refractivity contribution in [1.29, 1.82) is 0 Å². The minimum absolute atomic E-state index is 0.0463. The number of hydrogen-bond donors (Lipinski definition) is 0. The molecule has 1 aliphatic carbocycles. The largest absolute Gasteiger partial charge is 0.870 e. The van der Waals surface area contributed by atoms with Crippen LogP contribution < -0.4 is 10.7 Å². The van der Waals surface area contributed by atoms with E-state index in [9.17, 15) is 14.3 Å². The molecular weight excluding hydrogens is 295 g/mol. The van der Waals surface area contributed by atoms with Gasteiger partial charge in [0.2, 0.25) is 0 Å². The molecule has 0 amide bonds. The van der Waals surface area contributed by atoms with Crippen LogP contribution in [0.2, 0.25) is 0 Å². The minimum atomic E-state index is -0.915. The lowest BCUT2D eigenvalue weighted by atomic mass is 9.84. The highest BCUT2D eigenvalue weighted by atomic mass is 19.1. The minimum Gasteiger partial charge on any atom is -0.870 e. The highest BCUT2D eigenvalue weighted by Crippen LogP contribution is 2.43. The van der Waals surface area contributed by atoms with Crippen molar-refractivity contribution in [3.8, 4) is 16.9 Å². The van der Waals surface area contributed by atoms with Crippen LogP contribution in [0.15, 0.2) is 27.4 Å². The summed E-state index contributed by atoms with van der Waals surface area (Å²) in [7, 11) is 0. The van der Waals surface area contributed by atoms with Crippen LogP contribution in [0.5, 0.6) is 5.75 Å². The Balaban J connectivity index is 2.16. The highest BCUT2D eigenvalue weighted by Gasteiger charge is 2.31. The fraction of sp³-hybridized carbons (Fsp3) is 0.421. The molecule has 1 aromatic heterocycles. The van der Waals surface area contributed by atoms with Crippen molar-refractivity contribution in [2.24, 2.45) is 0 Å². The van der Waals surface area contributed by atoms with Gasteiger partial charge in [0.15, 0.2) is 5.82 Å². The molecule has 0 unspecified atom stereocenters. The van der Waals surface area contributed by atoms with Crippen molar-refractivity contribution >= 4 is 0 Å². The summed E-state index contributed by atoms with van der Waals surface area (Å²) in [5.74, 6) is -1.96. The predicted octanol–water partition coefficient (Wildman–Crippen LogP) is 4.00. The molecular formula is C19H20FO3-. The third-order valence-corrected chi connectivity index (χ3v) is 4.36. The number of rotatable bonds is 2. The zero-order chi connectivity index (χ0) is 16.9. The van der Waals surface area contributed by atoms with Crippen LogP contribution in [0.4, 0.5) is 4.39 Å². The van der Waals surface area contributed by atoms with Gasteiger partial charge in [0.25, 0.3) is 0 Å². The third kappa shape index (κ3) is 2.78. The summed E-state index contributed by atoms with van der Waals surface area (Å²) in [6.07, 6.45) is 1.52. The smallest absolute Gasteiger partial charge is 0.343 e. The molecule has 0 bridgehead atoms. The average molecular weight is 315 g/mol. The molecule has 0 radical (unpaired) electrons. The molecule has 2 aromatic rings. The first-order valence-corrected chi connectivity index (χ1v) is 7.85. The number of hydrogen-bond acceptors (Lipinski definition) is 3. The van der Waals surface area contributed by atoms with E-state index >= 15 is 0 Å². The molecule has 23 heavy (non-hydrogen) atoms. The fourth-order valence-electron chi connectivity index (χ4n) is 2.76. The van der Waals surface area contributed by atoms with Crippen LogP contribution in [-0.2, 0) is 5.41 Å². The quantitative estimate of drug-likeness (QED) is 0.841. The van der Waals surface area contributed by atoms with Gasteiger partial charge in [-0.05, 0) is 41.9 Å². The van der Waals surface area contributed by atoms with E-state index in [1.54, 1.807) is 6.07 Å². The van der Waals surface area contributed by atoms with Gasteiger partial charge in [0, 0.05) is 5.92 Å². The highest BCUT2D eigenvalue weighted by molar-refractivity contribution is 5.72. The van der Waals surface area contributed by atoms with Gasteiger partial charge in [-0.25, -0.2) is 9.18 Å². The lowest BCUT2D eigenvalue weighted by Crippen LogP contribution is -2.15. The van der Waals surface area contributed by atoms with E-state index in [0.717, 1.165) is 24.0 Å². The van der Waals surface area contributed by atoms with Crippen LogP contribution in [0.1, 0.15) is 56.4 Å². The molecule has 122 valence electrons. The summed E-state index contributed by atoms with van der Waals surface area (Å²) >= 11 is 0. The standard InChI is InChI=1S/C19H21FO3/c1-10-9-12(19(2,3)4)7-8-13(10)14-16(21)15(20)17(11-5-6-11)23-18(14)22/h7-9,11,21H,5-6H2,1-4H3/p-1. The summed E-state index contributed by atoms with van der Waals surface area (Å²) in [5, 5.41) is 12.3. The van der Waals surface area contributed by atoms with E-state index in [2.05, 4.69) is 20.8 Å². The summed E-state index contributed by atoms with van der Waals surface area (Å²) in [5.41, 5.74) is 1.30. The third-order valence-electron chi connectivity index (χ3n) is 4.36. The maximum Gasteiger partial charge on any atom is 0.343 e. The first-order chi connectivity index (χ1) is 10.7. The molecule has 1 aromatic carbocycles. The number of aryl methyl sites for hydroxylation is 1. The molecule has 3 rings (SSSR count). The second-order valence-electron chi connectivity index (χ2n) is 7.33. The summed E-state index contributed by atoms with van der Waals surface area (Å²) in [6.45, 7) is 8.06. The molecule has 1 fully saturated rings. The zero-order valence-electron chi connectivity index (χ0n) is 13.8. The second-order valence-corrected chi connectivity index (χ2v) is 7.33. The van der Waals surface area contributed by atoms with Crippen molar-refractivity contribution in [1.82, 2.24) is 0 Å². The van der Waals surface area contributed by atoms with Gasteiger partial charge in [-0.1, -0.05) is 44.7 Å². The van der Waals surface area contributed by atoms with Gasteiger partial charge in [-0.15, -0.1) is 0 Å². The van der Waals surface area contributed by atoms with E-state index in [1.807, 2.05) is 19.1 Å². The Kier molecular flexibility index (Phi) is 3.58. The zero-order valence-corrected chi connectivity index (χ0v) is 13.8. The van der Waals surface area contributed by atoms with E-state index in [0.29, 0.717) is 5.56 Å². The molecule has 1 aliphatic rings. The first-order valence-electron chi connectivity index (χ1n) is 7.85. The molecule has 1 saturated carbocycles. The average Bonchev–Trinajstić information content (AvgIpc) is 3.28. The van der Waals surface area contributed by atoms with Crippen molar-refractivity contribution in [2.45, 2.75) is 51.9 Å². The van der Waals surface area contributed by atoms with Gasteiger partial charge in [-0.2, -0.15) is 0 Å². The maximum absolute atomic E-state index is 14.3. The van der Waals surface area contributed by atoms with Crippen molar-refractivity contribution in [3.63, 3.8) is 0 Å². The van der Waals surface area contributed by atoms with Crippen LogP contribution in [0.25, 0.3) is 11.1 Å². The van der Waals surface area contributed by atoms with Crippen molar-refractivity contribution in [2.75, 3.05) is 0 Å². The van der Waals surface area contributed by atoms with E-state index in [1.165, 1.54) is 0 Å². The van der Waals surface area contributed by atoms with Gasteiger partial charge in [0.1, 0.15) is 5.76 Å². The lowest BCUT2D eigenvalue weighted by molar-refractivity contribution is -0.272. The summed E-state index contributed by atoms with van der Waals surface area (Å²) < 4.78 is 19.4. The monoisotopic (exact) mass is 315 g/mol. The topological polar surface area (TPSA) is 53.3 Å². The molecule has 0 atom stereocenters. The Morgan fingerprint density at radius 1 is 1.26 bits per heavy atom. The molecule has 4 heteroatoms. The Hall–Kier alpha value is -2.10. The van der Waals surface area contributed by atoms with Crippen LogP contribution in [-0.4, -0.2) is 0 Å². The molecule has 1 heterocycles. The van der Waals surface area contributed by atoms with Gasteiger partial charge >= 0.3 is 5.63 Å². The molecule has 0 aliphatic heterocycles. The second kappa shape index (κ2) is 5.22. The van der Waals surface area contributed by atoms with Crippen molar-refractivity contribution < 1.29 is 13.9 Å². The molecule has 3 nitrogen and oxygen atoms in total. The predicted molar refractivity (Wildman–Crippen MR) is 85.2 cm³/mol. The van der Waals surface area contributed by atoms with Crippen LogP contribution in [0.3, 0.4) is 0 Å². The number of halogens is 1. The first kappa shape index (κ1) is 15.8. The molecule has 0 saturated heterocycles. The summed E-state index contributed by atoms with van der Waals surface area (Å²) in [6, 6.07) is 5.51. The van der Waals surface area contributed by atoms with Crippen LogP contribution >= 0.6 is 0 Å². The Morgan fingerprint density at radius 3 is 2.43 bits per heavy atom. The SMILES string of the molecule is Cc1cc(C(C)(C)C)ccc1-c1c([O-])c(F)c(C2CC2)oc1=O. The Morgan fingerprint density at radius 2 is 1.91 bits per heavy atom.